The van der Waals surface area contributed by atoms with Crippen molar-refractivity contribution in [1.82, 2.24) is 10.3 Å². The van der Waals surface area contributed by atoms with Gasteiger partial charge in [-0.3, -0.25) is 4.79 Å². The van der Waals surface area contributed by atoms with E-state index in [9.17, 15) is 9.18 Å². The Morgan fingerprint density at radius 2 is 1.92 bits per heavy atom. The van der Waals surface area contributed by atoms with Crippen LogP contribution in [0.5, 0.6) is 0 Å². The standard InChI is InChI=1S/C19H16ClFN2O2/c20-16-4-2-1-3-14(16)11-22-18(24)9-10-19-23-12-17(25-19)13-5-7-15(21)8-6-13/h1-8,12H,9-11H2,(H,22,24). The van der Waals surface area contributed by atoms with Crippen LogP contribution in [0.15, 0.2) is 59.1 Å². The van der Waals surface area contributed by atoms with Gasteiger partial charge in [-0.2, -0.15) is 0 Å². The highest BCUT2D eigenvalue weighted by Crippen LogP contribution is 2.21. The van der Waals surface area contributed by atoms with Gasteiger partial charge < -0.3 is 9.73 Å². The predicted octanol–water partition coefficient (Wildman–Crippen LogP) is 4.38. The minimum Gasteiger partial charge on any atom is -0.441 e. The van der Waals surface area contributed by atoms with Crippen LogP contribution in [0.3, 0.4) is 0 Å². The van der Waals surface area contributed by atoms with E-state index in [1.54, 1.807) is 24.4 Å². The average Bonchev–Trinajstić information content (AvgIpc) is 3.09. The number of aromatic nitrogens is 1. The molecule has 1 heterocycles. The highest BCUT2D eigenvalue weighted by molar-refractivity contribution is 6.31. The van der Waals surface area contributed by atoms with Gasteiger partial charge in [-0.1, -0.05) is 29.8 Å². The number of hydrogen-bond donors (Lipinski definition) is 1. The Kier molecular flexibility index (Phi) is 5.46. The average molecular weight is 359 g/mol. The smallest absolute Gasteiger partial charge is 0.220 e. The van der Waals surface area contributed by atoms with Crippen LogP contribution < -0.4 is 5.32 Å². The van der Waals surface area contributed by atoms with Gasteiger partial charge in [-0.15, -0.1) is 0 Å². The molecule has 0 saturated heterocycles. The monoisotopic (exact) mass is 358 g/mol. The van der Waals surface area contributed by atoms with Gasteiger partial charge in [-0.25, -0.2) is 9.37 Å². The zero-order chi connectivity index (χ0) is 17.6. The van der Waals surface area contributed by atoms with Crippen molar-refractivity contribution in [3.8, 4) is 11.3 Å². The van der Waals surface area contributed by atoms with Crippen LogP contribution in [0, 0.1) is 5.82 Å². The number of halogens is 2. The summed E-state index contributed by atoms with van der Waals surface area (Å²) in [5.74, 6) is 0.596. The molecule has 2 aromatic carbocycles. The van der Waals surface area contributed by atoms with Crippen LogP contribution in [0.25, 0.3) is 11.3 Å². The number of amides is 1. The fourth-order valence-corrected chi connectivity index (χ4v) is 2.52. The molecule has 0 radical (unpaired) electrons. The molecule has 3 aromatic rings. The topological polar surface area (TPSA) is 55.1 Å². The highest BCUT2D eigenvalue weighted by atomic mass is 35.5. The van der Waals surface area contributed by atoms with Crippen molar-refractivity contribution in [1.29, 1.82) is 0 Å². The molecule has 0 unspecified atom stereocenters. The Labute approximate surface area is 149 Å². The van der Waals surface area contributed by atoms with Crippen molar-refractivity contribution in [2.45, 2.75) is 19.4 Å². The van der Waals surface area contributed by atoms with Crippen molar-refractivity contribution < 1.29 is 13.6 Å². The summed E-state index contributed by atoms with van der Waals surface area (Å²) >= 11 is 6.05. The third-order valence-electron chi connectivity index (χ3n) is 3.68. The van der Waals surface area contributed by atoms with Gasteiger partial charge in [0.25, 0.3) is 0 Å². The van der Waals surface area contributed by atoms with Crippen molar-refractivity contribution in [2.24, 2.45) is 0 Å². The molecular weight excluding hydrogens is 343 g/mol. The first-order valence-electron chi connectivity index (χ1n) is 7.82. The van der Waals surface area contributed by atoms with E-state index in [0.29, 0.717) is 29.6 Å². The summed E-state index contributed by atoms with van der Waals surface area (Å²) < 4.78 is 18.5. The van der Waals surface area contributed by atoms with Gasteiger partial charge in [0.15, 0.2) is 11.7 Å². The Bertz CT molecular complexity index is 862. The van der Waals surface area contributed by atoms with E-state index in [4.69, 9.17) is 16.0 Å². The number of oxazole rings is 1. The third-order valence-corrected chi connectivity index (χ3v) is 4.05. The second-order valence-electron chi connectivity index (χ2n) is 5.49. The van der Waals surface area contributed by atoms with Crippen LogP contribution in [-0.2, 0) is 17.8 Å². The number of rotatable bonds is 6. The van der Waals surface area contributed by atoms with Gasteiger partial charge in [0.05, 0.1) is 6.20 Å². The molecule has 0 aliphatic heterocycles. The van der Waals surface area contributed by atoms with E-state index in [1.165, 1.54) is 12.1 Å². The molecule has 128 valence electrons. The fourth-order valence-electron chi connectivity index (χ4n) is 2.32. The number of carbonyl (C=O) groups is 1. The summed E-state index contributed by atoms with van der Waals surface area (Å²) in [6, 6.07) is 13.3. The van der Waals surface area contributed by atoms with Gasteiger partial charge in [0.2, 0.25) is 5.91 Å². The maximum Gasteiger partial charge on any atom is 0.220 e. The number of carbonyl (C=O) groups excluding carboxylic acids is 1. The molecule has 0 bridgehead atoms. The summed E-state index contributed by atoms with van der Waals surface area (Å²) in [5.41, 5.74) is 1.61. The SMILES string of the molecule is O=C(CCc1ncc(-c2ccc(F)cc2)o1)NCc1ccccc1Cl. The fraction of sp³-hybridized carbons (Fsp3) is 0.158. The highest BCUT2D eigenvalue weighted by Gasteiger charge is 2.09. The first-order chi connectivity index (χ1) is 12.1. The molecule has 0 aliphatic rings. The predicted molar refractivity (Wildman–Crippen MR) is 93.5 cm³/mol. The molecule has 3 rings (SSSR count). The maximum atomic E-state index is 12.9. The largest absolute Gasteiger partial charge is 0.441 e. The Morgan fingerprint density at radius 1 is 1.16 bits per heavy atom. The minimum absolute atomic E-state index is 0.110. The van der Waals surface area contributed by atoms with Crippen LogP contribution in [0.1, 0.15) is 17.9 Å². The van der Waals surface area contributed by atoms with Crippen molar-refractivity contribution in [3.05, 3.63) is 77.0 Å². The first-order valence-corrected chi connectivity index (χ1v) is 8.20. The van der Waals surface area contributed by atoms with Crippen LogP contribution in [0.2, 0.25) is 5.02 Å². The Morgan fingerprint density at radius 3 is 2.68 bits per heavy atom. The Balaban J connectivity index is 1.51. The number of nitrogens with one attached hydrogen (secondary N) is 1. The molecule has 1 N–H and O–H groups in total. The van der Waals surface area contributed by atoms with Gasteiger partial charge >= 0.3 is 0 Å². The van der Waals surface area contributed by atoms with E-state index in [0.717, 1.165) is 11.1 Å². The number of nitrogens with zero attached hydrogens (tertiary/aromatic N) is 1. The number of aryl methyl sites for hydroxylation is 1. The molecular formula is C19H16ClFN2O2. The lowest BCUT2D eigenvalue weighted by molar-refractivity contribution is -0.121. The molecule has 25 heavy (non-hydrogen) atoms. The summed E-state index contributed by atoms with van der Waals surface area (Å²) in [4.78, 5) is 16.1. The number of hydrogen-bond acceptors (Lipinski definition) is 3. The van der Waals surface area contributed by atoms with Gasteiger partial charge in [-0.05, 0) is 35.9 Å². The van der Waals surface area contributed by atoms with E-state index in [-0.39, 0.29) is 18.1 Å². The summed E-state index contributed by atoms with van der Waals surface area (Å²) in [6.45, 7) is 0.380. The van der Waals surface area contributed by atoms with Gasteiger partial charge in [0, 0.05) is 30.0 Å². The van der Waals surface area contributed by atoms with Crippen LogP contribution in [0.4, 0.5) is 4.39 Å². The van der Waals surface area contributed by atoms with E-state index >= 15 is 0 Å². The van der Waals surface area contributed by atoms with E-state index in [2.05, 4.69) is 10.3 Å². The lowest BCUT2D eigenvalue weighted by atomic mass is 10.2. The molecule has 0 saturated carbocycles. The first kappa shape index (κ1) is 17.2. The second-order valence-corrected chi connectivity index (χ2v) is 5.90. The normalized spacial score (nSPS) is 10.6. The van der Waals surface area contributed by atoms with E-state index < -0.39 is 0 Å². The molecule has 4 nitrogen and oxygen atoms in total. The lowest BCUT2D eigenvalue weighted by Crippen LogP contribution is -2.23. The lowest BCUT2D eigenvalue weighted by Gasteiger charge is -2.06. The third kappa shape index (κ3) is 4.67. The summed E-state index contributed by atoms with van der Waals surface area (Å²) in [7, 11) is 0. The number of benzene rings is 2. The molecule has 1 aromatic heterocycles. The molecule has 0 spiro atoms. The van der Waals surface area contributed by atoms with E-state index in [1.807, 2.05) is 18.2 Å². The Hall–Kier alpha value is -2.66. The minimum atomic E-state index is -0.307. The quantitative estimate of drug-likeness (QED) is 0.711. The van der Waals surface area contributed by atoms with Crippen molar-refractivity contribution in [2.75, 3.05) is 0 Å². The summed E-state index contributed by atoms with van der Waals surface area (Å²) in [6.07, 6.45) is 2.22. The molecule has 0 aliphatic carbocycles. The molecule has 0 fully saturated rings. The van der Waals surface area contributed by atoms with Crippen LogP contribution in [-0.4, -0.2) is 10.9 Å². The summed E-state index contributed by atoms with van der Waals surface area (Å²) in [5, 5.41) is 3.44. The van der Waals surface area contributed by atoms with Crippen molar-refractivity contribution in [3.63, 3.8) is 0 Å². The van der Waals surface area contributed by atoms with Crippen LogP contribution >= 0.6 is 11.6 Å². The second kappa shape index (κ2) is 7.94. The molecule has 0 atom stereocenters. The molecule has 6 heteroatoms. The maximum absolute atomic E-state index is 12.9. The van der Waals surface area contributed by atoms with Crippen molar-refractivity contribution >= 4 is 17.5 Å². The zero-order valence-corrected chi connectivity index (χ0v) is 14.1. The van der Waals surface area contributed by atoms with Gasteiger partial charge in [0.1, 0.15) is 5.82 Å². The molecule has 1 amide bonds. The zero-order valence-electron chi connectivity index (χ0n) is 13.3.